The van der Waals surface area contributed by atoms with E-state index in [4.69, 9.17) is 5.11 Å². The van der Waals surface area contributed by atoms with Crippen molar-refractivity contribution in [3.8, 4) is 0 Å². The van der Waals surface area contributed by atoms with Crippen LogP contribution >= 0.6 is 0 Å². The largest absolute Gasteiger partial charge is 0.480 e. The van der Waals surface area contributed by atoms with E-state index in [1.807, 2.05) is 0 Å². The summed E-state index contributed by atoms with van der Waals surface area (Å²) in [6.07, 6.45) is -1.18. The van der Waals surface area contributed by atoms with Crippen LogP contribution in [0.1, 0.15) is 0 Å². The molecule has 1 fully saturated rings. The summed E-state index contributed by atoms with van der Waals surface area (Å²) in [7, 11) is 0. The van der Waals surface area contributed by atoms with Crippen molar-refractivity contribution in [2.24, 2.45) is 5.92 Å². The lowest BCUT2D eigenvalue weighted by atomic mass is 9.92. The Morgan fingerprint density at radius 2 is 1.52 bits per heavy atom. The van der Waals surface area contributed by atoms with Crippen LogP contribution in [0.15, 0.2) is 0 Å². The molecule has 1 aliphatic heterocycles. The minimum atomic E-state index is -1.18. The highest BCUT2D eigenvalue weighted by Gasteiger charge is 2.32. The van der Waals surface area contributed by atoms with Gasteiger partial charge in [0.05, 0.1) is 25.8 Å². The molecule has 0 aromatic carbocycles. The number of rotatable bonds is 8. The van der Waals surface area contributed by atoms with Gasteiger partial charge in [0.1, 0.15) is 0 Å². The van der Waals surface area contributed by atoms with Gasteiger partial charge in [-0.2, -0.15) is 0 Å². The summed E-state index contributed by atoms with van der Waals surface area (Å²) >= 11 is 0. The molecule has 11 heteroatoms. The summed E-state index contributed by atoms with van der Waals surface area (Å²) in [6.45, 7) is 1.94. The quantitative estimate of drug-likeness (QED) is 0.217. The highest BCUT2D eigenvalue weighted by Crippen LogP contribution is 2.15. The average molecular weight is 392 g/mol. The van der Waals surface area contributed by atoms with Crippen LogP contribution in [0, 0.1) is 5.92 Å². The molecule has 27 heavy (non-hydrogen) atoms. The lowest BCUT2D eigenvalue weighted by Gasteiger charge is -2.38. The normalized spacial score (nSPS) is 23.7. The molecule has 0 radical (unpaired) electrons. The number of nitrogens with zero attached hydrogens (tertiary/aromatic N) is 2. The fourth-order valence-corrected chi connectivity index (χ4v) is 3.26. The third-order valence-corrected chi connectivity index (χ3v) is 4.69. The molecule has 1 aliphatic rings. The van der Waals surface area contributed by atoms with Gasteiger partial charge in [-0.1, -0.05) is 0 Å². The van der Waals surface area contributed by atoms with E-state index in [-0.39, 0.29) is 19.6 Å². The van der Waals surface area contributed by atoms with Crippen LogP contribution in [-0.2, 0) is 9.59 Å². The lowest BCUT2D eigenvalue weighted by Crippen LogP contribution is -2.56. The third-order valence-electron chi connectivity index (χ3n) is 4.69. The highest BCUT2D eigenvalue weighted by molar-refractivity contribution is 5.69. The maximum Gasteiger partial charge on any atom is 0.317 e. The third kappa shape index (κ3) is 8.93. The molecule has 11 nitrogen and oxygen atoms in total. The number of carboxylic acid groups (broad SMARTS) is 2. The molecule has 3 atom stereocenters. The Labute approximate surface area is 158 Å². The number of nitrogens with one attached hydrogen (secondary N) is 2. The van der Waals surface area contributed by atoms with E-state index in [0.717, 1.165) is 0 Å². The number of carboxylic acids is 2. The second kappa shape index (κ2) is 12.9. The summed E-state index contributed by atoms with van der Waals surface area (Å²) in [5.74, 6) is -2.64. The van der Waals surface area contributed by atoms with Crippen molar-refractivity contribution in [3.63, 3.8) is 0 Å². The first-order valence-corrected chi connectivity index (χ1v) is 9.10. The van der Waals surface area contributed by atoms with Crippen LogP contribution in [0.2, 0.25) is 0 Å². The average Bonchev–Trinajstić information content (AvgIpc) is 2.60. The van der Waals surface area contributed by atoms with E-state index >= 15 is 0 Å². The number of aliphatic carboxylic acids is 2. The smallest absolute Gasteiger partial charge is 0.317 e. The Bertz CT molecular complexity index is 454. The predicted octanol–water partition coefficient (Wildman–Crippen LogP) is -3.72. The number of hydrogen-bond donors (Lipinski definition) is 7. The van der Waals surface area contributed by atoms with Crippen LogP contribution in [0.5, 0.6) is 0 Å². The Morgan fingerprint density at radius 1 is 0.926 bits per heavy atom. The van der Waals surface area contributed by atoms with Crippen molar-refractivity contribution < 1.29 is 35.1 Å². The van der Waals surface area contributed by atoms with Crippen molar-refractivity contribution in [1.82, 2.24) is 20.4 Å². The van der Waals surface area contributed by atoms with Crippen LogP contribution in [0.4, 0.5) is 0 Å². The Balaban J connectivity index is 2.88. The van der Waals surface area contributed by atoms with Crippen molar-refractivity contribution in [1.29, 1.82) is 0 Å². The molecule has 158 valence electrons. The highest BCUT2D eigenvalue weighted by atomic mass is 16.4. The first-order valence-electron chi connectivity index (χ1n) is 9.10. The summed E-state index contributed by atoms with van der Waals surface area (Å²) in [5, 5.41) is 53.6. The first kappa shape index (κ1) is 23.7. The number of aliphatic hydroxyl groups is 3. The SMILES string of the molecule is O=C(O)CN1CCNCCN(CC(=O)O)C(C(CO)C(O)CO)CNCC1. The van der Waals surface area contributed by atoms with Crippen LogP contribution < -0.4 is 10.6 Å². The van der Waals surface area contributed by atoms with Crippen LogP contribution in [0.3, 0.4) is 0 Å². The molecule has 1 heterocycles. The summed E-state index contributed by atoms with van der Waals surface area (Å²) in [5.41, 5.74) is 0. The topological polar surface area (TPSA) is 166 Å². The molecule has 0 bridgehead atoms. The van der Waals surface area contributed by atoms with E-state index in [1.54, 1.807) is 9.80 Å². The van der Waals surface area contributed by atoms with E-state index < -0.39 is 43.2 Å². The molecular formula is C16H32N4O7. The molecule has 0 aromatic rings. The van der Waals surface area contributed by atoms with E-state index in [0.29, 0.717) is 39.3 Å². The van der Waals surface area contributed by atoms with Gasteiger partial charge in [0.25, 0.3) is 0 Å². The zero-order valence-corrected chi connectivity index (χ0v) is 15.5. The number of carbonyl (C=O) groups is 2. The van der Waals surface area contributed by atoms with Gasteiger partial charge < -0.3 is 36.2 Å². The van der Waals surface area contributed by atoms with Gasteiger partial charge in [-0.05, 0) is 0 Å². The Kier molecular flexibility index (Phi) is 11.4. The second-order valence-corrected chi connectivity index (χ2v) is 6.65. The maximum atomic E-state index is 11.3. The standard InChI is InChI=1S/C16H32N4O7/c21-10-12(14(23)11-22)13-7-18-2-5-19(8-15(24)25)4-1-17-3-6-20(13)9-16(26)27/h12-14,17-18,21-23H,1-11H2,(H,24,25)(H,26,27). The Hall–Kier alpha value is -1.34. The molecule has 1 rings (SSSR count). The van der Waals surface area contributed by atoms with Crippen LogP contribution in [0.25, 0.3) is 0 Å². The molecule has 0 saturated carbocycles. The van der Waals surface area contributed by atoms with Crippen molar-refractivity contribution in [2.45, 2.75) is 12.1 Å². The minimum Gasteiger partial charge on any atom is -0.480 e. The number of hydrogen-bond acceptors (Lipinski definition) is 9. The number of aliphatic hydroxyl groups excluding tert-OH is 3. The molecule has 3 unspecified atom stereocenters. The van der Waals surface area contributed by atoms with Gasteiger partial charge in [-0.25, -0.2) is 0 Å². The fourth-order valence-electron chi connectivity index (χ4n) is 3.26. The molecular weight excluding hydrogens is 360 g/mol. The zero-order chi connectivity index (χ0) is 20.2. The summed E-state index contributed by atoms with van der Waals surface area (Å²) in [6, 6.07) is -0.512. The molecule has 0 aromatic heterocycles. The maximum absolute atomic E-state index is 11.3. The monoisotopic (exact) mass is 392 g/mol. The molecule has 1 saturated heterocycles. The van der Waals surface area contributed by atoms with Gasteiger partial charge in [-0.3, -0.25) is 19.4 Å². The van der Waals surface area contributed by atoms with Crippen LogP contribution in [-0.4, -0.2) is 132 Å². The van der Waals surface area contributed by atoms with E-state index in [2.05, 4.69) is 10.6 Å². The summed E-state index contributed by atoms with van der Waals surface area (Å²) in [4.78, 5) is 25.7. The zero-order valence-electron chi connectivity index (χ0n) is 15.5. The van der Waals surface area contributed by atoms with Crippen molar-refractivity contribution >= 4 is 11.9 Å². The van der Waals surface area contributed by atoms with Gasteiger partial charge in [0.2, 0.25) is 0 Å². The first-order chi connectivity index (χ1) is 12.9. The molecule has 0 amide bonds. The van der Waals surface area contributed by atoms with Crippen molar-refractivity contribution in [2.75, 3.05) is 72.1 Å². The Morgan fingerprint density at radius 3 is 2.07 bits per heavy atom. The predicted molar refractivity (Wildman–Crippen MR) is 96.5 cm³/mol. The van der Waals surface area contributed by atoms with E-state index in [9.17, 15) is 30.0 Å². The summed E-state index contributed by atoms with van der Waals surface area (Å²) < 4.78 is 0. The second-order valence-electron chi connectivity index (χ2n) is 6.65. The fraction of sp³-hybridized carbons (Fsp3) is 0.875. The van der Waals surface area contributed by atoms with Gasteiger partial charge >= 0.3 is 11.9 Å². The molecule has 7 N–H and O–H groups in total. The lowest BCUT2D eigenvalue weighted by molar-refractivity contribution is -0.140. The minimum absolute atomic E-state index is 0.0690. The van der Waals surface area contributed by atoms with Gasteiger partial charge in [-0.15, -0.1) is 0 Å². The van der Waals surface area contributed by atoms with E-state index in [1.165, 1.54) is 0 Å². The molecule has 0 aliphatic carbocycles. The van der Waals surface area contributed by atoms with Crippen molar-refractivity contribution in [3.05, 3.63) is 0 Å². The van der Waals surface area contributed by atoms with Gasteiger partial charge in [0.15, 0.2) is 0 Å². The molecule has 0 spiro atoms. The van der Waals surface area contributed by atoms with Gasteiger partial charge in [0, 0.05) is 64.4 Å².